The summed E-state index contributed by atoms with van der Waals surface area (Å²) < 4.78 is 0. The van der Waals surface area contributed by atoms with Gasteiger partial charge in [-0.25, -0.2) is 0 Å². The van der Waals surface area contributed by atoms with Gasteiger partial charge in [0.25, 0.3) is 0 Å². The first kappa shape index (κ1) is 237. The van der Waals surface area contributed by atoms with Gasteiger partial charge >= 0.3 is 138 Å². The first-order chi connectivity index (χ1) is 0. The van der Waals surface area contributed by atoms with E-state index in [4.69, 9.17) is 0 Å². The second kappa shape index (κ2) is 211. The van der Waals surface area contributed by atoms with E-state index >= 15 is 0 Å². The van der Waals surface area contributed by atoms with Gasteiger partial charge in [-0.1, -0.05) is 0 Å². The first-order valence-corrected chi connectivity index (χ1v) is 0. The van der Waals surface area contributed by atoms with Crippen molar-refractivity contribution in [2.24, 2.45) is 0 Å². The van der Waals surface area contributed by atoms with Gasteiger partial charge in [0, 0.05) is 0 Å². The molecule has 0 nitrogen and oxygen atoms in total. The fraction of sp³-hybridized carbons (Fsp3) is 0. The monoisotopic (exact) mass is 919 g/mol. The van der Waals surface area contributed by atoms with Crippen molar-refractivity contribution < 1.29 is 68.3 Å². The van der Waals surface area contributed by atoms with Crippen LogP contribution in [0.5, 0.6) is 0 Å². The number of hydrogen-bond donors (Lipinski definition) is 0. The van der Waals surface area contributed by atoms with Crippen molar-refractivity contribution in [1.29, 1.82) is 0 Å². The second-order valence-corrected chi connectivity index (χ2v) is 0. The molecule has 0 aliphatic carbocycles. The van der Waals surface area contributed by atoms with Crippen LogP contribution in [0, 0.1) is 0 Å². The Morgan fingerprint density at radius 1 is 0.222 bits per heavy atom. The second-order valence-electron chi connectivity index (χ2n) is 0. The normalized spacial score (nSPS) is 0. The quantitative estimate of drug-likeness (QED) is 0.223. The predicted octanol–water partition coefficient (Wildman–Crippen LogP) is -3.45. The van der Waals surface area contributed by atoms with Crippen LogP contribution in [-0.2, 0) is 136 Å². The van der Waals surface area contributed by atoms with Crippen LogP contribution in [0.15, 0.2) is 0 Å². The Morgan fingerprint density at radius 3 is 0.222 bits per heavy atom. The minimum absolute atomic E-state index is 0. The first-order valence-electron chi connectivity index (χ1n) is 0. The van der Waals surface area contributed by atoms with Gasteiger partial charge < -0.3 is 153 Å². The van der Waals surface area contributed by atoms with Gasteiger partial charge in [0.05, 0.1) is 0 Å². The Balaban J connectivity index is 0. The Kier molecular flexibility index (Phi) is 2770. The van der Waals surface area contributed by atoms with Crippen LogP contribution in [0.1, 0.15) is 0 Å². The third-order valence-electron chi connectivity index (χ3n) is 0. The summed E-state index contributed by atoms with van der Waals surface area (Å²) in [7, 11) is 0. The minimum atomic E-state index is 0. The van der Waals surface area contributed by atoms with Crippen LogP contribution >= 0.6 is 0 Å². The molecule has 18 heteroatoms. The molecular weight excluding hydrogens is 917 g/mol. The van der Waals surface area contributed by atoms with Gasteiger partial charge in [-0.05, 0) is 0 Å². The summed E-state index contributed by atoms with van der Waals surface area (Å²) in [6.07, 6.45) is 0. The molecule has 0 aliphatic heterocycles. The van der Waals surface area contributed by atoms with E-state index in [9.17, 15) is 0 Å². The molecule has 0 unspecified atom stereocenters. The maximum Gasteiger partial charge on any atom is 3.00 e. The van der Waals surface area contributed by atoms with E-state index in [-0.39, 0.29) is 291 Å². The van der Waals surface area contributed by atoms with Crippen molar-refractivity contribution in [3.05, 3.63) is 0 Å². The largest absolute Gasteiger partial charge is 3.00 e. The molecule has 116 valence electrons. The standard InChI is InChI=1S/4Al.4Cu.5S.5Se/q4*+3;4*+2;10*-2. The zero-order valence-electron chi connectivity index (χ0n) is 7.60. The Morgan fingerprint density at radius 2 is 0.222 bits per heavy atom. The van der Waals surface area contributed by atoms with Crippen LogP contribution in [0.2, 0.25) is 0 Å². The molecule has 0 saturated carbocycles. The van der Waals surface area contributed by atoms with Crippen molar-refractivity contribution in [2.75, 3.05) is 0 Å². The molecule has 18 heavy (non-hydrogen) atoms. The van der Waals surface area contributed by atoms with Gasteiger partial charge in [-0.2, -0.15) is 0 Å². The molecule has 0 spiro atoms. The Labute approximate surface area is 284 Å². The van der Waals surface area contributed by atoms with Crippen molar-refractivity contribution in [1.82, 2.24) is 0 Å². The predicted molar refractivity (Wildman–Crippen MR) is 88.6 cm³/mol. The van der Waals surface area contributed by atoms with E-state index in [1.165, 1.54) is 0 Å². The van der Waals surface area contributed by atoms with E-state index in [1.807, 2.05) is 0 Å². The molecule has 0 rings (SSSR count). The molecule has 0 aliphatic rings. The van der Waals surface area contributed by atoms with Crippen molar-refractivity contribution in [2.45, 2.75) is 0 Å². The van der Waals surface area contributed by atoms with E-state index in [2.05, 4.69) is 0 Å². The molecule has 0 bridgehead atoms. The van der Waals surface area contributed by atoms with Gasteiger partial charge in [-0.15, -0.1) is 0 Å². The molecule has 0 N–H and O–H groups in total. The summed E-state index contributed by atoms with van der Waals surface area (Å²) in [6, 6.07) is 0. The van der Waals surface area contributed by atoms with Gasteiger partial charge in [0.1, 0.15) is 0 Å². The fourth-order valence-electron chi connectivity index (χ4n) is 0. The van der Waals surface area contributed by atoms with Crippen LogP contribution in [0.3, 0.4) is 0 Å². The maximum atomic E-state index is 0. The van der Waals surface area contributed by atoms with Crippen LogP contribution in [0.4, 0.5) is 0 Å². The van der Waals surface area contributed by atoms with Gasteiger partial charge in [0.2, 0.25) is 0 Å². The molecule has 0 saturated heterocycles. The zero-order valence-corrected chi connectivity index (χ0v) is 28.6. The fourth-order valence-corrected chi connectivity index (χ4v) is 0. The summed E-state index contributed by atoms with van der Waals surface area (Å²) in [5.74, 6) is 0. The van der Waals surface area contributed by atoms with E-state index in [1.54, 1.807) is 0 Å². The topological polar surface area (TPSA) is 0 Å². The summed E-state index contributed by atoms with van der Waals surface area (Å²) in [4.78, 5) is 0. The third-order valence-corrected chi connectivity index (χ3v) is 0. The summed E-state index contributed by atoms with van der Waals surface area (Å²) in [5, 5.41) is 0. The molecular formula is Al4Cu4S5Se5. The summed E-state index contributed by atoms with van der Waals surface area (Å²) in [6.45, 7) is 0. The average molecular weight is 917 g/mol. The van der Waals surface area contributed by atoms with E-state index in [0.717, 1.165) is 0 Å². The van der Waals surface area contributed by atoms with Crippen LogP contribution in [-0.4, -0.2) is 155 Å². The van der Waals surface area contributed by atoms with Gasteiger partial charge in [0.15, 0.2) is 0 Å². The number of hydrogen-bond acceptors (Lipinski definition) is 0. The number of rotatable bonds is 0. The zero-order chi connectivity index (χ0) is 0. The van der Waals surface area contributed by atoms with Crippen LogP contribution < -0.4 is 0 Å². The van der Waals surface area contributed by atoms with Crippen LogP contribution in [0.25, 0.3) is 0 Å². The SMILES string of the molecule is [Al+3].[Al+3].[Al+3].[Al+3].[Cu+2].[Cu+2].[Cu+2].[Cu+2].[S-2].[S-2].[S-2].[S-2].[S-2].[Se-2].[Se-2].[Se-2].[Se-2].[Se-2]. The van der Waals surface area contributed by atoms with Gasteiger partial charge in [-0.3, -0.25) is 0 Å². The molecule has 0 amide bonds. The molecule has 0 heterocycles. The molecule has 0 aromatic rings. The Hall–Kier alpha value is 8.56. The van der Waals surface area contributed by atoms with Crippen molar-refractivity contribution in [3.8, 4) is 0 Å². The smallest absolute Gasteiger partial charge is 2.00 e. The van der Waals surface area contributed by atoms with Crippen molar-refractivity contribution in [3.63, 3.8) is 0 Å². The molecule has 0 atom stereocenters. The van der Waals surface area contributed by atoms with E-state index < -0.39 is 0 Å². The molecule has 0 fully saturated rings. The Bertz CT molecular complexity index is 35.8. The summed E-state index contributed by atoms with van der Waals surface area (Å²) in [5.41, 5.74) is 0. The average Bonchev–Trinajstić information content (AvgIpc) is 0. The molecule has 0 aromatic heterocycles. The third kappa shape index (κ3) is 186. The maximum absolute atomic E-state index is 0. The molecule has 4 radical (unpaired) electrons. The minimum Gasteiger partial charge on any atom is -2.00 e. The van der Waals surface area contributed by atoms with E-state index in [0.29, 0.717) is 0 Å². The van der Waals surface area contributed by atoms with Crippen molar-refractivity contribution >= 4 is 222 Å². The summed E-state index contributed by atoms with van der Waals surface area (Å²) >= 11 is 0. The molecule has 0 aromatic carbocycles.